The normalized spacial score (nSPS) is 16.4. The summed E-state index contributed by atoms with van der Waals surface area (Å²) in [6.07, 6.45) is 6.50. The Balaban J connectivity index is 1.20. The summed E-state index contributed by atoms with van der Waals surface area (Å²) in [5, 5.41) is 12.3. The van der Waals surface area contributed by atoms with Gasteiger partial charge in [-0.1, -0.05) is 11.6 Å². The number of carbonyl (C=O) groups excluding carboxylic acids is 1. The van der Waals surface area contributed by atoms with Crippen LogP contribution in [0, 0.1) is 10.1 Å². The van der Waals surface area contributed by atoms with Crippen molar-refractivity contribution in [2.24, 2.45) is 0 Å². The second-order valence-electron chi connectivity index (χ2n) is 9.33. The molecule has 0 aliphatic carbocycles. The number of piperazine rings is 1. The van der Waals surface area contributed by atoms with Crippen molar-refractivity contribution >= 4 is 40.6 Å². The van der Waals surface area contributed by atoms with Crippen LogP contribution in [-0.4, -0.2) is 55.0 Å². The molecule has 0 radical (unpaired) electrons. The first kappa shape index (κ1) is 24.9. The molecule has 0 bridgehead atoms. The maximum Gasteiger partial charge on any atom is 0.292 e. The van der Waals surface area contributed by atoms with E-state index in [1.54, 1.807) is 18.2 Å². The minimum Gasteiger partial charge on any atom is -0.457 e. The molecule has 5 rings (SSSR count). The number of rotatable bonds is 6. The number of nitro groups is 1. The molecule has 37 heavy (non-hydrogen) atoms. The SMILES string of the molecule is O=C(/C=C/c1ccc(-c2ccc(Cl)cc2)o1)N1CCN(c2ccc([N+](=O)[O-])c(N3CCCCC3)c2)CC1. The number of piperidine rings is 1. The highest BCUT2D eigenvalue weighted by atomic mass is 35.5. The van der Waals surface area contributed by atoms with Gasteiger partial charge in [-0.25, -0.2) is 0 Å². The Morgan fingerprint density at radius 1 is 0.892 bits per heavy atom. The number of carbonyl (C=O) groups is 1. The molecule has 2 fully saturated rings. The highest BCUT2D eigenvalue weighted by molar-refractivity contribution is 6.30. The lowest BCUT2D eigenvalue weighted by atomic mass is 10.1. The molecule has 0 spiro atoms. The van der Waals surface area contributed by atoms with Crippen LogP contribution in [-0.2, 0) is 4.79 Å². The Morgan fingerprint density at radius 3 is 2.32 bits per heavy atom. The van der Waals surface area contributed by atoms with Crippen molar-refractivity contribution in [3.05, 3.63) is 81.6 Å². The molecule has 2 aliphatic heterocycles. The monoisotopic (exact) mass is 520 g/mol. The van der Waals surface area contributed by atoms with Crippen molar-refractivity contribution < 1.29 is 14.1 Å². The third kappa shape index (κ3) is 5.80. The van der Waals surface area contributed by atoms with Gasteiger partial charge in [0.2, 0.25) is 5.91 Å². The molecule has 1 amide bonds. The number of nitrogens with zero attached hydrogens (tertiary/aromatic N) is 4. The van der Waals surface area contributed by atoms with Gasteiger partial charge in [-0.05, 0) is 73.9 Å². The van der Waals surface area contributed by atoms with Crippen LogP contribution < -0.4 is 9.80 Å². The molecule has 8 nitrogen and oxygen atoms in total. The van der Waals surface area contributed by atoms with E-state index in [1.165, 1.54) is 0 Å². The Labute approximate surface area is 220 Å². The summed E-state index contributed by atoms with van der Waals surface area (Å²) < 4.78 is 5.85. The quantitative estimate of drug-likeness (QED) is 0.230. The summed E-state index contributed by atoms with van der Waals surface area (Å²) in [4.78, 5) is 30.2. The molecule has 3 aromatic rings. The highest BCUT2D eigenvalue weighted by Crippen LogP contribution is 2.34. The van der Waals surface area contributed by atoms with E-state index in [4.69, 9.17) is 16.0 Å². The third-order valence-electron chi connectivity index (χ3n) is 6.95. The van der Waals surface area contributed by atoms with E-state index in [2.05, 4.69) is 9.80 Å². The number of furan rings is 1. The summed E-state index contributed by atoms with van der Waals surface area (Å²) in [7, 11) is 0. The van der Waals surface area contributed by atoms with Crippen molar-refractivity contribution in [2.75, 3.05) is 49.1 Å². The Bertz CT molecular complexity index is 1290. The smallest absolute Gasteiger partial charge is 0.292 e. The fraction of sp³-hybridized carbons (Fsp3) is 0.321. The molecular formula is C28H29ClN4O4. The first-order valence-electron chi connectivity index (χ1n) is 12.6. The maximum absolute atomic E-state index is 12.8. The van der Waals surface area contributed by atoms with Gasteiger partial charge in [-0.3, -0.25) is 14.9 Å². The number of hydrogen-bond acceptors (Lipinski definition) is 6. The summed E-state index contributed by atoms with van der Waals surface area (Å²) in [5.74, 6) is 1.25. The second-order valence-corrected chi connectivity index (χ2v) is 9.77. The minimum absolute atomic E-state index is 0.0678. The first-order valence-corrected chi connectivity index (χ1v) is 13.0. The Hall–Kier alpha value is -3.78. The van der Waals surface area contributed by atoms with Crippen LogP contribution in [0.15, 0.2) is 65.1 Å². The fourth-order valence-corrected chi connectivity index (χ4v) is 5.03. The van der Waals surface area contributed by atoms with E-state index in [0.717, 1.165) is 43.6 Å². The van der Waals surface area contributed by atoms with Crippen LogP contribution in [0.1, 0.15) is 25.0 Å². The van der Waals surface area contributed by atoms with Gasteiger partial charge >= 0.3 is 0 Å². The number of halogens is 1. The largest absolute Gasteiger partial charge is 0.457 e. The van der Waals surface area contributed by atoms with Gasteiger partial charge in [0, 0.05) is 67.7 Å². The van der Waals surface area contributed by atoms with E-state index in [-0.39, 0.29) is 16.5 Å². The molecule has 2 saturated heterocycles. The zero-order chi connectivity index (χ0) is 25.8. The topological polar surface area (TPSA) is 83.1 Å². The summed E-state index contributed by atoms with van der Waals surface area (Å²) in [6, 6.07) is 16.5. The van der Waals surface area contributed by atoms with Crippen molar-refractivity contribution in [3.63, 3.8) is 0 Å². The Kier molecular flexibility index (Phi) is 7.46. The van der Waals surface area contributed by atoms with Crippen molar-refractivity contribution in [3.8, 4) is 11.3 Å². The van der Waals surface area contributed by atoms with Crippen LogP contribution in [0.5, 0.6) is 0 Å². The predicted octanol–water partition coefficient (Wildman–Crippen LogP) is 5.86. The molecule has 9 heteroatoms. The summed E-state index contributed by atoms with van der Waals surface area (Å²) >= 11 is 5.95. The summed E-state index contributed by atoms with van der Waals surface area (Å²) in [5.41, 5.74) is 2.72. The minimum atomic E-state index is -0.298. The van der Waals surface area contributed by atoms with Gasteiger partial charge in [0.25, 0.3) is 5.69 Å². The van der Waals surface area contributed by atoms with Gasteiger partial charge in [0.1, 0.15) is 17.2 Å². The first-order chi connectivity index (χ1) is 18.0. The Morgan fingerprint density at radius 2 is 1.62 bits per heavy atom. The molecule has 0 atom stereocenters. The average molecular weight is 521 g/mol. The molecule has 2 aromatic carbocycles. The van der Waals surface area contributed by atoms with Gasteiger partial charge in [-0.2, -0.15) is 0 Å². The molecule has 0 N–H and O–H groups in total. The standard InChI is InChI=1S/C28H29ClN4O4/c29-22-6-4-21(5-7-22)27-12-9-24(37-27)10-13-28(34)32-18-16-30(17-19-32)23-8-11-25(33(35)36)26(20-23)31-14-2-1-3-15-31/h4-13,20H,1-3,14-19H2/b13-10+. The van der Waals surface area contributed by atoms with Crippen molar-refractivity contribution in [1.82, 2.24) is 4.90 Å². The van der Waals surface area contributed by atoms with Crippen LogP contribution in [0.3, 0.4) is 0 Å². The maximum atomic E-state index is 12.8. The molecule has 192 valence electrons. The number of amides is 1. The van der Waals surface area contributed by atoms with Gasteiger partial charge in [0.15, 0.2) is 0 Å². The highest BCUT2D eigenvalue weighted by Gasteiger charge is 2.25. The average Bonchev–Trinajstić information content (AvgIpc) is 3.41. The van der Waals surface area contributed by atoms with Crippen LogP contribution in [0.25, 0.3) is 17.4 Å². The molecule has 2 aliphatic rings. The van der Waals surface area contributed by atoms with E-state index < -0.39 is 0 Å². The van der Waals surface area contributed by atoms with E-state index in [1.807, 2.05) is 53.4 Å². The number of nitro benzene ring substituents is 1. The second kappa shape index (κ2) is 11.1. The zero-order valence-corrected chi connectivity index (χ0v) is 21.3. The number of hydrogen-bond donors (Lipinski definition) is 0. The molecule has 0 unspecified atom stereocenters. The molecule has 1 aromatic heterocycles. The summed E-state index contributed by atoms with van der Waals surface area (Å²) in [6.45, 7) is 4.17. The lowest BCUT2D eigenvalue weighted by molar-refractivity contribution is -0.384. The number of anilines is 2. The van der Waals surface area contributed by atoms with Crippen LogP contribution in [0.2, 0.25) is 5.02 Å². The molecule has 0 saturated carbocycles. The van der Waals surface area contributed by atoms with Crippen molar-refractivity contribution in [1.29, 1.82) is 0 Å². The lowest BCUT2D eigenvalue weighted by Crippen LogP contribution is -2.48. The fourth-order valence-electron chi connectivity index (χ4n) is 4.91. The van der Waals surface area contributed by atoms with E-state index >= 15 is 0 Å². The third-order valence-corrected chi connectivity index (χ3v) is 7.21. The van der Waals surface area contributed by atoms with Gasteiger partial charge < -0.3 is 19.1 Å². The van der Waals surface area contributed by atoms with Crippen LogP contribution >= 0.6 is 11.6 Å². The number of benzene rings is 2. The van der Waals surface area contributed by atoms with Gasteiger partial charge in [0.05, 0.1) is 4.92 Å². The van der Waals surface area contributed by atoms with Gasteiger partial charge in [-0.15, -0.1) is 0 Å². The van der Waals surface area contributed by atoms with E-state index in [9.17, 15) is 14.9 Å². The molecule has 3 heterocycles. The predicted molar refractivity (Wildman–Crippen MR) is 146 cm³/mol. The van der Waals surface area contributed by atoms with E-state index in [0.29, 0.717) is 48.4 Å². The molecular weight excluding hydrogens is 492 g/mol. The van der Waals surface area contributed by atoms with Crippen LogP contribution in [0.4, 0.5) is 17.1 Å². The van der Waals surface area contributed by atoms with Crippen molar-refractivity contribution in [2.45, 2.75) is 19.3 Å². The lowest BCUT2D eigenvalue weighted by Gasteiger charge is -2.36. The zero-order valence-electron chi connectivity index (χ0n) is 20.5.